The van der Waals surface area contributed by atoms with Gasteiger partial charge in [-0.15, -0.1) is 0 Å². The van der Waals surface area contributed by atoms with Gasteiger partial charge in [0.15, 0.2) is 0 Å². The third-order valence-corrected chi connectivity index (χ3v) is 5.61. The Morgan fingerprint density at radius 2 is 1.65 bits per heavy atom. The number of benzene rings is 2. The summed E-state index contributed by atoms with van der Waals surface area (Å²) in [7, 11) is 0. The van der Waals surface area contributed by atoms with E-state index in [1.54, 1.807) is 65.0 Å². The maximum Gasteiger partial charge on any atom is 0.411 e. The molecule has 0 aromatic heterocycles. The number of hydrogen-bond donors (Lipinski definition) is 1. The van der Waals surface area contributed by atoms with E-state index in [9.17, 15) is 22.8 Å². The summed E-state index contributed by atoms with van der Waals surface area (Å²) in [6, 6.07) is 9.08. The predicted octanol–water partition coefficient (Wildman–Crippen LogP) is 5.64. The highest BCUT2D eigenvalue weighted by molar-refractivity contribution is 5.87. The Balaban J connectivity index is 1.93. The number of likely N-dealkylation sites (tertiary alicyclic amines) is 1. The molecule has 0 aliphatic carbocycles. The molecule has 3 atom stereocenters. The third-order valence-electron chi connectivity index (χ3n) is 5.61. The fourth-order valence-corrected chi connectivity index (χ4v) is 4.12. The molecule has 1 heterocycles. The van der Waals surface area contributed by atoms with Crippen LogP contribution in [0, 0.1) is 11.6 Å². The van der Waals surface area contributed by atoms with Gasteiger partial charge in [-0.1, -0.05) is 44.2 Å². The molecule has 1 aliphatic heterocycles. The lowest BCUT2D eigenvalue weighted by molar-refractivity contribution is -0.126. The van der Waals surface area contributed by atoms with Crippen molar-refractivity contribution in [2.24, 2.45) is 0 Å². The number of rotatable bonds is 5. The van der Waals surface area contributed by atoms with Gasteiger partial charge in [0.25, 0.3) is 0 Å². The van der Waals surface area contributed by atoms with Crippen LogP contribution in [0.1, 0.15) is 69.7 Å². The Morgan fingerprint density at radius 3 is 2.18 bits per heavy atom. The minimum atomic E-state index is -1.39. The minimum absolute atomic E-state index is 0.0333. The van der Waals surface area contributed by atoms with E-state index in [4.69, 9.17) is 4.74 Å². The highest BCUT2D eigenvalue weighted by Crippen LogP contribution is 2.30. The maximum absolute atomic E-state index is 14.8. The lowest BCUT2D eigenvalue weighted by Gasteiger charge is -2.29. The van der Waals surface area contributed by atoms with Gasteiger partial charge in [-0.05, 0) is 49.9 Å². The fraction of sp³-hybridized carbons (Fsp3) is 0.462. The van der Waals surface area contributed by atoms with E-state index in [0.29, 0.717) is 5.56 Å². The van der Waals surface area contributed by atoms with Crippen molar-refractivity contribution in [1.29, 1.82) is 0 Å². The van der Waals surface area contributed by atoms with Crippen LogP contribution in [-0.2, 0) is 9.53 Å². The van der Waals surface area contributed by atoms with E-state index in [-0.39, 0.29) is 30.0 Å². The highest BCUT2D eigenvalue weighted by Gasteiger charge is 2.42. The highest BCUT2D eigenvalue weighted by atomic mass is 19.1. The molecule has 1 aliphatic rings. The van der Waals surface area contributed by atoms with Crippen molar-refractivity contribution in [2.45, 2.75) is 70.8 Å². The number of amides is 2. The summed E-state index contributed by atoms with van der Waals surface area (Å²) in [5.74, 6) is -2.41. The SMILES string of the molecule is CC(C)c1c(F)cc([C@@H](NC(=O)[C@@H]2C[C@@H](F)CN2C(=O)OC(C)(C)C)c2ccccc2)cc1F. The van der Waals surface area contributed by atoms with Crippen LogP contribution in [0.15, 0.2) is 42.5 Å². The number of carbonyl (C=O) groups excluding carboxylic acids is 2. The van der Waals surface area contributed by atoms with Crippen LogP contribution < -0.4 is 5.32 Å². The summed E-state index contributed by atoms with van der Waals surface area (Å²) < 4.78 is 49.2. The van der Waals surface area contributed by atoms with Crippen LogP contribution >= 0.6 is 0 Å². The Labute approximate surface area is 198 Å². The summed E-state index contributed by atoms with van der Waals surface area (Å²) in [5, 5.41) is 2.77. The Bertz CT molecular complexity index is 1010. The molecule has 3 rings (SSSR count). The van der Waals surface area contributed by atoms with Crippen molar-refractivity contribution >= 4 is 12.0 Å². The molecule has 34 heavy (non-hydrogen) atoms. The van der Waals surface area contributed by atoms with E-state index in [1.165, 1.54) is 12.1 Å². The Morgan fingerprint density at radius 1 is 1.06 bits per heavy atom. The van der Waals surface area contributed by atoms with E-state index >= 15 is 0 Å². The number of halogens is 3. The molecule has 1 N–H and O–H groups in total. The van der Waals surface area contributed by atoms with Crippen molar-refractivity contribution < 1.29 is 27.5 Å². The smallest absolute Gasteiger partial charge is 0.411 e. The van der Waals surface area contributed by atoms with E-state index in [0.717, 1.165) is 4.90 Å². The number of carbonyl (C=O) groups is 2. The molecule has 1 fully saturated rings. The molecule has 184 valence electrons. The molecule has 0 radical (unpaired) electrons. The first-order valence-electron chi connectivity index (χ1n) is 11.3. The molecular weight excluding hydrogens is 445 g/mol. The first kappa shape index (κ1) is 25.6. The van der Waals surface area contributed by atoms with Crippen LogP contribution in [0.5, 0.6) is 0 Å². The number of nitrogens with zero attached hydrogens (tertiary/aromatic N) is 1. The van der Waals surface area contributed by atoms with E-state index in [2.05, 4.69) is 5.32 Å². The summed E-state index contributed by atoms with van der Waals surface area (Å²) in [6.07, 6.45) is -2.37. The monoisotopic (exact) mass is 476 g/mol. The first-order valence-corrected chi connectivity index (χ1v) is 11.3. The van der Waals surface area contributed by atoms with Gasteiger partial charge in [-0.25, -0.2) is 18.0 Å². The standard InChI is InChI=1S/C26H31F3N2O3/c1-15(2)22-19(28)11-17(12-20(22)29)23(16-9-7-6-8-10-16)30-24(32)21-13-18(27)14-31(21)25(33)34-26(3,4)5/h6-12,15,18,21,23H,13-14H2,1-5H3,(H,30,32)/t18-,21+,23+/m1/s1. The third kappa shape index (κ3) is 5.90. The van der Waals surface area contributed by atoms with Gasteiger partial charge >= 0.3 is 6.09 Å². The average Bonchev–Trinajstić information content (AvgIpc) is 3.12. The van der Waals surface area contributed by atoms with Crippen LogP contribution in [-0.4, -0.2) is 41.3 Å². The summed E-state index contributed by atoms with van der Waals surface area (Å²) >= 11 is 0. The van der Waals surface area contributed by atoms with E-state index in [1.807, 2.05) is 0 Å². The van der Waals surface area contributed by atoms with Gasteiger partial charge in [-0.2, -0.15) is 0 Å². The predicted molar refractivity (Wildman–Crippen MR) is 123 cm³/mol. The number of alkyl halides is 1. The van der Waals surface area contributed by atoms with Crippen molar-refractivity contribution in [2.75, 3.05) is 6.54 Å². The zero-order valence-corrected chi connectivity index (χ0v) is 20.1. The second kappa shape index (κ2) is 10.1. The van der Waals surface area contributed by atoms with Gasteiger partial charge in [-0.3, -0.25) is 9.69 Å². The largest absolute Gasteiger partial charge is 0.444 e. The van der Waals surface area contributed by atoms with Crippen molar-refractivity contribution in [3.8, 4) is 0 Å². The minimum Gasteiger partial charge on any atom is -0.444 e. The van der Waals surface area contributed by atoms with Gasteiger partial charge in [0.2, 0.25) is 5.91 Å². The summed E-state index contributed by atoms with van der Waals surface area (Å²) in [4.78, 5) is 26.9. The van der Waals surface area contributed by atoms with Crippen LogP contribution in [0.2, 0.25) is 0 Å². The quantitative estimate of drug-likeness (QED) is 0.608. The Kier molecular flexibility index (Phi) is 7.58. The topological polar surface area (TPSA) is 58.6 Å². The maximum atomic E-state index is 14.8. The summed E-state index contributed by atoms with van der Waals surface area (Å²) in [6.45, 7) is 8.15. The lowest BCUT2D eigenvalue weighted by Crippen LogP contribution is -2.48. The molecule has 8 heteroatoms. The molecular formula is C26H31F3N2O3. The van der Waals surface area contributed by atoms with Gasteiger partial charge < -0.3 is 10.1 Å². The molecule has 1 saturated heterocycles. The second-order valence-corrected chi connectivity index (χ2v) is 9.89. The van der Waals surface area contributed by atoms with Crippen LogP contribution in [0.3, 0.4) is 0 Å². The molecule has 0 spiro atoms. The van der Waals surface area contributed by atoms with Crippen molar-refractivity contribution in [1.82, 2.24) is 10.2 Å². The van der Waals surface area contributed by atoms with E-state index < -0.39 is 47.5 Å². The number of ether oxygens (including phenoxy) is 1. The fourth-order valence-electron chi connectivity index (χ4n) is 4.12. The molecule has 2 aromatic rings. The lowest BCUT2D eigenvalue weighted by atomic mass is 9.93. The molecule has 2 aromatic carbocycles. The Hall–Kier alpha value is -3.03. The zero-order chi connectivity index (χ0) is 25.2. The number of nitrogens with one attached hydrogen (secondary N) is 1. The molecule has 0 unspecified atom stereocenters. The first-order chi connectivity index (χ1) is 15.9. The molecule has 2 amide bonds. The van der Waals surface area contributed by atoms with Crippen LogP contribution in [0.4, 0.5) is 18.0 Å². The zero-order valence-electron chi connectivity index (χ0n) is 20.1. The van der Waals surface area contributed by atoms with Gasteiger partial charge in [0, 0.05) is 12.0 Å². The number of hydrogen-bond acceptors (Lipinski definition) is 3. The second-order valence-electron chi connectivity index (χ2n) is 9.89. The summed E-state index contributed by atoms with van der Waals surface area (Å²) in [5.41, 5.74) is -0.0519. The van der Waals surface area contributed by atoms with Gasteiger partial charge in [0.1, 0.15) is 29.4 Å². The van der Waals surface area contributed by atoms with Gasteiger partial charge in [0.05, 0.1) is 12.6 Å². The molecule has 5 nitrogen and oxygen atoms in total. The van der Waals surface area contributed by atoms with Crippen molar-refractivity contribution in [3.63, 3.8) is 0 Å². The average molecular weight is 477 g/mol. The molecule has 0 bridgehead atoms. The van der Waals surface area contributed by atoms with Crippen molar-refractivity contribution in [3.05, 3.63) is 70.8 Å². The molecule has 0 saturated carbocycles. The normalized spacial score (nSPS) is 19.3. The van der Waals surface area contributed by atoms with Crippen LogP contribution in [0.25, 0.3) is 0 Å².